The molecular formula is C22H17NO3. The van der Waals surface area contributed by atoms with E-state index in [4.69, 9.17) is 4.74 Å². The van der Waals surface area contributed by atoms with Gasteiger partial charge in [-0.3, -0.25) is 9.59 Å². The molecule has 1 aliphatic rings. The normalized spacial score (nSPS) is 11.7. The Morgan fingerprint density at radius 3 is 2.46 bits per heavy atom. The van der Waals surface area contributed by atoms with Crippen molar-refractivity contribution >= 4 is 17.4 Å². The highest BCUT2D eigenvalue weighted by Gasteiger charge is 2.27. The zero-order chi connectivity index (χ0) is 18.1. The van der Waals surface area contributed by atoms with E-state index in [1.54, 1.807) is 24.3 Å². The van der Waals surface area contributed by atoms with Crippen LogP contribution in [0, 0.1) is 0 Å². The second-order valence-corrected chi connectivity index (χ2v) is 6.05. The van der Waals surface area contributed by atoms with E-state index < -0.39 is 0 Å². The van der Waals surface area contributed by atoms with Crippen molar-refractivity contribution in [3.8, 4) is 16.9 Å². The Morgan fingerprint density at radius 2 is 1.65 bits per heavy atom. The summed E-state index contributed by atoms with van der Waals surface area (Å²) in [5, 5.41) is 2.85. The third-order valence-electron chi connectivity index (χ3n) is 4.39. The van der Waals surface area contributed by atoms with Crippen LogP contribution < -0.4 is 10.1 Å². The SMILES string of the molecule is CCOc1cccc(NC(=O)c2ccc3c(c2)C(=O)c2ccccc2-3)c1. The molecule has 1 N–H and O–H groups in total. The Labute approximate surface area is 151 Å². The van der Waals surface area contributed by atoms with Gasteiger partial charge in [0.25, 0.3) is 5.91 Å². The van der Waals surface area contributed by atoms with Gasteiger partial charge in [-0.15, -0.1) is 0 Å². The number of amides is 1. The van der Waals surface area contributed by atoms with Gasteiger partial charge in [0, 0.05) is 28.4 Å². The molecule has 1 amide bonds. The first kappa shape index (κ1) is 16.1. The van der Waals surface area contributed by atoms with E-state index in [-0.39, 0.29) is 11.7 Å². The van der Waals surface area contributed by atoms with Gasteiger partial charge in [-0.2, -0.15) is 0 Å². The number of nitrogens with one attached hydrogen (secondary N) is 1. The van der Waals surface area contributed by atoms with E-state index in [1.807, 2.05) is 49.4 Å². The van der Waals surface area contributed by atoms with Crippen LogP contribution in [0.5, 0.6) is 5.75 Å². The topological polar surface area (TPSA) is 55.4 Å². The largest absolute Gasteiger partial charge is 0.494 e. The summed E-state index contributed by atoms with van der Waals surface area (Å²) < 4.78 is 5.45. The van der Waals surface area contributed by atoms with E-state index in [0.29, 0.717) is 34.7 Å². The molecule has 3 aromatic carbocycles. The van der Waals surface area contributed by atoms with Gasteiger partial charge in [-0.1, -0.05) is 36.4 Å². The molecule has 0 aromatic heterocycles. The molecule has 0 unspecified atom stereocenters. The monoisotopic (exact) mass is 343 g/mol. The average Bonchev–Trinajstić information content (AvgIpc) is 2.95. The first-order chi connectivity index (χ1) is 12.7. The summed E-state index contributed by atoms with van der Waals surface area (Å²) in [7, 11) is 0. The van der Waals surface area contributed by atoms with Crippen LogP contribution >= 0.6 is 0 Å². The van der Waals surface area contributed by atoms with Crippen molar-refractivity contribution < 1.29 is 14.3 Å². The Balaban J connectivity index is 1.61. The summed E-state index contributed by atoms with van der Waals surface area (Å²) in [6.45, 7) is 2.47. The Hall–Kier alpha value is -3.40. The minimum atomic E-state index is -0.259. The molecule has 3 aromatic rings. The standard InChI is InChI=1S/C22H17NO3/c1-2-26-16-7-5-6-15(13-16)23-22(25)14-10-11-18-17-8-3-4-9-19(17)21(24)20(18)12-14/h3-13H,2H2,1H3,(H,23,25). The van der Waals surface area contributed by atoms with Gasteiger partial charge in [-0.05, 0) is 42.3 Å². The number of fused-ring (bicyclic) bond motifs is 3. The van der Waals surface area contributed by atoms with Crippen LogP contribution in [-0.4, -0.2) is 18.3 Å². The minimum absolute atomic E-state index is 0.0383. The van der Waals surface area contributed by atoms with E-state index in [2.05, 4.69) is 5.32 Å². The molecule has 0 bridgehead atoms. The minimum Gasteiger partial charge on any atom is -0.494 e. The molecule has 4 nitrogen and oxygen atoms in total. The molecule has 0 heterocycles. The lowest BCUT2D eigenvalue weighted by Crippen LogP contribution is -2.12. The van der Waals surface area contributed by atoms with E-state index in [0.717, 1.165) is 11.1 Å². The number of rotatable bonds is 4. The molecule has 0 saturated heterocycles. The molecule has 4 rings (SSSR count). The van der Waals surface area contributed by atoms with Gasteiger partial charge in [0.1, 0.15) is 5.75 Å². The van der Waals surface area contributed by atoms with Gasteiger partial charge in [0.2, 0.25) is 0 Å². The number of hydrogen-bond acceptors (Lipinski definition) is 3. The first-order valence-electron chi connectivity index (χ1n) is 8.49. The van der Waals surface area contributed by atoms with Gasteiger partial charge in [0.15, 0.2) is 5.78 Å². The fourth-order valence-corrected chi connectivity index (χ4v) is 3.20. The summed E-state index contributed by atoms with van der Waals surface area (Å²) in [5.41, 5.74) is 4.15. The number of carbonyl (C=O) groups is 2. The predicted molar refractivity (Wildman–Crippen MR) is 101 cm³/mol. The number of ether oxygens (including phenoxy) is 1. The molecule has 128 valence electrons. The maximum atomic E-state index is 12.6. The summed E-state index contributed by atoms with van der Waals surface area (Å²) in [6, 6.07) is 20.0. The summed E-state index contributed by atoms with van der Waals surface area (Å²) in [5.74, 6) is 0.402. The van der Waals surface area contributed by atoms with E-state index >= 15 is 0 Å². The quantitative estimate of drug-likeness (QED) is 0.591. The molecule has 0 fully saturated rings. The lowest BCUT2D eigenvalue weighted by atomic mass is 10.0. The molecule has 1 aliphatic carbocycles. The molecule has 4 heteroatoms. The smallest absolute Gasteiger partial charge is 0.255 e. The van der Waals surface area contributed by atoms with Crippen LogP contribution in [0.4, 0.5) is 5.69 Å². The highest BCUT2D eigenvalue weighted by Crippen LogP contribution is 2.36. The van der Waals surface area contributed by atoms with Gasteiger partial charge in [-0.25, -0.2) is 0 Å². The lowest BCUT2D eigenvalue weighted by molar-refractivity contribution is 0.102. The summed E-state index contributed by atoms with van der Waals surface area (Å²) >= 11 is 0. The van der Waals surface area contributed by atoms with Crippen molar-refractivity contribution in [2.24, 2.45) is 0 Å². The van der Waals surface area contributed by atoms with Gasteiger partial charge >= 0.3 is 0 Å². The second-order valence-electron chi connectivity index (χ2n) is 6.05. The molecular weight excluding hydrogens is 326 g/mol. The fraction of sp³-hybridized carbons (Fsp3) is 0.0909. The van der Waals surface area contributed by atoms with Crippen LogP contribution in [0.3, 0.4) is 0 Å². The highest BCUT2D eigenvalue weighted by atomic mass is 16.5. The fourth-order valence-electron chi connectivity index (χ4n) is 3.20. The Bertz CT molecular complexity index is 1020. The predicted octanol–water partition coefficient (Wildman–Crippen LogP) is 4.55. The van der Waals surface area contributed by atoms with Gasteiger partial charge in [0.05, 0.1) is 6.61 Å². The van der Waals surface area contributed by atoms with Crippen LogP contribution in [0.1, 0.15) is 33.2 Å². The zero-order valence-electron chi connectivity index (χ0n) is 14.3. The Kier molecular flexibility index (Phi) is 4.01. The molecule has 0 spiro atoms. The molecule has 26 heavy (non-hydrogen) atoms. The third-order valence-corrected chi connectivity index (χ3v) is 4.39. The van der Waals surface area contributed by atoms with Crippen molar-refractivity contribution in [3.05, 3.63) is 83.4 Å². The van der Waals surface area contributed by atoms with Crippen molar-refractivity contribution in [2.75, 3.05) is 11.9 Å². The maximum Gasteiger partial charge on any atom is 0.255 e. The van der Waals surface area contributed by atoms with Crippen molar-refractivity contribution in [2.45, 2.75) is 6.92 Å². The summed E-state index contributed by atoms with van der Waals surface area (Å²) in [6.07, 6.45) is 0. The first-order valence-corrected chi connectivity index (χ1v) is 8.49. The van der Waals surface area contributed by atoms with E-state index in [1.165, 1.54) is 0 Å². The van der Waals surface area contributed by atoms with Gasteiger partial charge < -0.3 is 10.1 Å². The number of ketones is 1. The molecule has 0 atom stereocenters. The molecule has 0 saturated carbocycles. The zero-order valence-corrected chi connectivity index (χ0v) is 14.3. The van der Waals surface area contributed by atoms with Crippen LogP contribution in [-0.2, 0) is 0 Å². The average molecular weight is 343 g/mol. The van der Waals surface area contributed by atoms with Crippen LogP contribution in [0.15, 0.2) is 66.7 Å². The number of benzene rings is 3. The van der Waals surface area contributed by atoms with Crippen molar-refractivity contribution in [1.82, 2.24) is 0 Å². The van der Waals surface area contributed by atoms with Crippen molar-refractivity contribution in [1.29, 1.82) is 0 Å². The third kappa shape index (κ3) is 2.75. The van der Waals surface area contributed by atoms with Crippen LogP contribution in [0.25, 0.3) is 11.1 Å². The molecule has 0 radical (unpaired) electrons. The number of hydrogen-bond donors (Lipinski definition) is 1. The molecule has 0 aliphatic heterocycles. The second kappa shape index (κ2) is 6.48. The van der Waals surface area contributed by atoms with E-state index in [9.17, 15) is 9.59 Å². The Morgan fingerprint density at radius 1 is 0.885 bits per heavy atom. The number of carbonyl (C=O) groups excluding carboxylic acids is 2. The summed E-state index contributed by atoms with van der Waals surface area (Å²) in [4.78, 5) is 25.2. The lowest BCUT2D eigenvalue weighted by Gasteiger charge is -2.09. The van der Waals surface area contributed by atoms with Crippen LogP contribution in [0.2, 0.25) is 0 Å². The highest BCUT2D eigenvalue weighted by molar-refractivity contribution is 6.22. The number of anilines is 1. The van der Waals surface area contributed by atoms with Crippen molar-refractivity contribution in [3.63, 3.8) is 0 Å². The maximum absolute atomic E-state index is 12.6.